The molecule has 0 fully saturated rings. The molecule has 132 valence electrons. The summed E-state index contributed by atoms with van der Waals surface area (Å²) in [7, 11) is 1.42. The minimum atomic E-state index is -1.33. The molecule has 0 unspecified atom stereocenters. The fourth-order valence-corrected chi connectivity index (χ4v) is 2.70. The van der Waals surface area contributed by atoms with Crippen LogP contribution in [0.3, 0.4) is 0 Å². The Hall–Kier alpha value is -2.57. The molecule has 2 rings (SSSR count). The van der Waals surface area contributed by atoms with Crippen molar-refractivity contribution in [3.63, 3.8) is 0 Å². The summed E-state index contributed by atoms with van der Waals surface area (Å²) in [5.74, 6) is -1.81. The summed E-state index contributed by atoms with van der Waals surface area (Å²) in [5, 5.41) is 11.5. The Labute approximate surface area is 149 Å². The van der Waals surface area contributed by atoms with Gasteiger partial charge in [-0.3, -0.25) is 4.89 Å². The first-order valence-corrected chi connectivity index (χ1v) is 7.70. The van der Waals surface area contributed by atoms with Crippen LogP contribution in [-0.4, -0.2) is 19.0 Å². The maximum absolute atomic E-state index is 12.2. The zero-order valence-electron chi connectivity index (χ0n) is 13.9. The van der Waals surface area contributed by atoms with Gasteiger partial charge in [0.15, 0.2) is 0 Å². The van der Waals surface area contributed by atoms with Gasteiger partial charge in [0.05, 0.1) is 13.1 Å². The molecule has 0 amide bonds. The fourth-order valence-electron chi connectivity index (χ4n) is 2.42. The summed E-state index contributed by atoms with van der Waals surface area (Å²) in [6.07, 6.45) is 0. The van der Waals surface area contributed by atoms with Crippen LogP contribution in [0.25, 0.3) is 0 Å². The summed E-state index contributed by atoms with van der Waals surface area (Å²) in [6, 6.07) is 7.76. The van der Waals surface area contributed by atoms with E-state index >= 15 is 0 Å². The van der Waals surface area contributed by atoms with Gasteiger partial charge in [-0.15, -0.1) is 0 Å². The van der Waals surface area contributed by atoms with Crippen molar-refractivity contribution in [2.24, 2.45) is 0 Å². The molecule has 0 saturated carbocycles. The van der Waals surface area contributed by atoms with Crippen LogP contribution in [0.5, 0.6) is 5.75 Å². The fraction of sp³-hybridized carbons (Fsp3) is 0.222. The van der Waals surface area contributed by atoms with Crippen molar-refractivity contribution < 1.29 is 29.2 Å². The van der Waals surface area contributed by atoms with Gasteiger partial charge in [-0.25, -0.2) is 4.79 Å². The molecule has 0 spiro atoms. The molecule has 0 atom stereocenters. The zero-order valence-corrected chi connectivity index (χ0v) is 14.7. The first kappa shape index (κ1) is 18.8. The predicted octanol–water partition coefficient (Wildman–Crippen LogP) is 2.62. The largest absolute Gasteiger partial charge is 0.545 e. The van der Waals surface area contributed by atoms with Gasteiger partial charge in [-0.05, 0) is 42.7 Å². The lowest BCUT2D eigenvalue weighted by Crippen LogP contribution is -2.24. The highest BCUT2D eigenvalue weighted by molar-refractivity contribution is 6.31. The molecule has 0 bridgehead atoms. The normalized spacial score (nSPS) is 10.4. The number of hydrogen-bond donors (Lipinski definition) is 0. The monoisotopic (exact) mass is 363 g/mol. The summed E-state index contributed by atoms with van der Waals surface area (Å²) in [5.41, 5.74) is 1.79. The smallest absolute Gasteiger partial charge is 0.376 e. The van der Waals surface area contributed by atoms with Crippen LogP contribution in [0.2, 0.25) is 5.02 Å². The molecule has 0 aromatic heterocycles. The molecule has 0 aliphatic carbocycles. The summed E-state index contributed by atoms with van der Waals surface area (Å²) < 4.78 is 5.19. The number of carbonyl (C=O) groups excluding carboxylic acids is 2. The highest BCUT2D eigenvalue weighted by atomic mass is 35.5. The molecule has 2 aromatic carbocycles. The van der Waals surface area contributed by atoms with Crippen molar-refractivity contribution >= 4 is 23.5 Å². The van der Waals surface area contributed by atoms with Crippen molar-refractivity contribution in [1.29, 1.82) is 0 Å². The Morgan fingerprint density at radius 1 is 1.12 bits per heavy atom. The van der Waals surface area contributed by atoms with E-state index in [0.29, 0.717) is 27.5 Å². The molecule has 7 heteroatoms. The number of carboxylic acids is 1. The Kier molecular flexibility index (Phi) is 6.01. The molecule has 0 aliphatic rings. The number of hydrogen-bond acceptors (Lipinski definition) is 6. The lowest BCUT2D eigenvalue weighted by atomic mass is 10.0. The van der Waals surface area contributed by atoms with Crippen LogP contribution < -0.4 is 9.84 Å². The number of carbonyl (C=O) groups is 2. The molecule has 2 aromatic rings. The maximum Gasteiger partial charge on any atom is 0.376 e. The average molecular weight is 364 g/mol. The van der Waals surface area contributed by atoms with Crippen LogP contribution in [0.15, 0.2) is 30.3 Å². The third-order valence-electron chi connectivity index (χ3n) is 3.63. The quantitative estimate of drug-likeness (QED) is 0.579. The van der Waals surface area contributed by atoms with E-state index in [-0.39, 0.29) is 17.7 Å². The van der Waals surface area contributed by atoms with Crippen LogP contribution in [0.4, 0.5) is 0 Å². The number of aryl methyl sites for hydroxylation is 2. The minimum absolute atomic E-state index is 0.0211. The molecule has 0 heterocycles. The standard InChI is InChI=1S/C18H17ClO6/c1-10-5-4-6-13(17(20)21)15(10)9-24-25-18(22)14-8-12(19)7-11(2)16(14)23-3/h4-8H,9H2,1-3H3,(H,20,21)/p-1. The van der Waals surface area contributed by atoms with E-state index in [2.05, 4.69) is 0 Å². The molecule has 0 saturated heterocycles. The minimum Gasteiger partial charge on any atom is -0.545 e. The lowest BCUT2D eigenvalue weighted by Gasteiger charge is -2.14. The highest BCUT2D eigenvalue weighted by Crippen LogP contribution is 2.28. The number of rotatable bonds is 6. The first-order valence-electron chi connectivity index (χ1n) is 7.33. The highest BCUT2D eigenvalue weighted by Gasteiger charge is 2.18. The van der Waals surface area contributed by atoms with Crippen molar-refractivity contribution in [3.8, 4) is 5.75 Å². The van der Waals surface area contributed by atoms with Gasteiger partial charge in [-0.2, -0.15) is 4.89 Å². The second kappa shape index (κ2) is 8.00. The molecular weight excluding hydrogens is 348 g/mol. The Bertz CT molecular complexity index is 815. The van der Waals surface area contributed by atoms with Gasteiger partial charge in [0, 0.05) is 10.6 Å². The Morgan fingerprint density at radius 3 is 2.48 bits per heavy atom. The third-order valence-corrected chi connectivity index (χ3v) is 3.85. The predicted molar refractivity (Wildman–Crippen MR) is 88.5 cm³/mol. The lowest BCUT2D eigenvalue weighted by molar-refractivity contribution is -0.257. The van der Waals surface area contributed by atoms with E-state index < -0.39 is 11.9 Å². The van der Waals surface area contributed by atoms with Crippen LogP contribution in [0, 0.1) is 13.8 Å². The number of ether oxygens (including phenoxy) is 1. The second-order valence-corrected chi connectivity index (χ2v) is 5.76. The Morgan fingerprint density at radius 2 is 1.84 bits per heavy atom. The zero-order chi connectivity index (χ0) is 18.6. The topological polar surface area (TPSA) is 84.9 Å². The van der Waals surface area contributed by atoms with Gasteiger partial charge >= 0.3 is 5.97 Å². The molecule has 0 aliphatic heterocycles. The summed E-state index contributed by atoms with van der Waals surface area (Å²) >= 11 is 5.95. The summed E-state index contributed by atoms with van der Waals surface area (Å²) in [4.78, 5) is 33.1. The number of methoxy groups -OCH3 is 1. The van der Waals surface area contributed by atoms with Crippen LogP contribution >= 0.6 is 11.6 Å². The van der Waals surface area contributed by atoms with Gasteiger partial charge < -0.3 is 14.6 Å². The Balaban J connectivity index is 2.14. The second-order valence-electron chi connectivity index (χ2n) is 5.32. The van der Waals surface area contributed by atoms with E-state index in [9.17, 15) is 14.7 Å². The number of carboxylic acid groups (broad SMARTS) is 1. The van der Waals surface area contributed by atoms with Crippen molar-refractivity contribution in [2.75, 3.05) is 7.11 Å². The number of benzene rings is 2. The van der Waals surface area contributed by atoms with E-state index in [1.54, 1.807) is 32.0 Å². The molecule has 6 nitrogen and oxygen atoms in total. The maximum atomic E-state index is 12.2. The van der Waals surface area contributed by atoms with E-state index in [4.69, 9.17) is 26.1 Å². The number of halogens is 1. The molecule has 0 radical (unpaired) electrons. The van der Waals surface area contributed by atoms with Gasteiger partial charge in [0.25, 0.3) is 0 Å². The van der Waals surface area contributed by atoms with Crippen LogP contribution in [0.1, 0.15) is 37.4 Å². The van der Waals surface area contributed by atoms with E-state index in [0.717, 1.165) is 0 Å². The van der Waals surface area contributed by atoms with Crippen molar-refractivity contribution in [1.82, 2.24) is 0 Å². The van der Waals surface area contributed by atoms with Crippen molar-refractivity contribution in [2.45, 2.75) is 20.5 Å². The molecule has 25 heavy (non-hydrogen) atoms. The average Bonchev–Trinajstić information content (AvgIpc) is 2.55. The van der Waals surface area contributed by atoms with Crippen LogP contribution in [-0.2, 0) is 16.4 Å². The third kappa shape index (κ3) is 4.29. The van der Waals surface area contributed by atoms with Gasteiger partial charge in [-0.1, -0.05) is 29.8 Å². The summed E-state index contributed by atoms with van der Waals surface area (Å²) in [6.45, 7) is 3.22. The first-order chi connectivity index (χ1) is 11.8. The van der Waals surface area contributed by atoms with E-state index in [1.165, 1.54) is 19.2 Å². The van der Waals surface area contributed by atoms with Crippen molar-refractivity contribution in [3.05, 3.63) is 63.2 Å². The molecular formula is C18H16ClO6-. The number of aromatic carboxylic acids is 1. The van der Waals surface area contributed by atoms with E-state index in [1.807, 2.05) is 0 Å². The van der Waals surface area contributed by atoms with Gasteiger partial charge in [0.1, 0.15) is 17.9 Å². The molecule has 0 N–H and O–H groups in total. The van der Waals surface area contributed by atoms with Gasteiger partial charge in [0.2, 0.25) is 0 Å². The SMILES string of the molecule is COc1c(C)cc(Cl)cc1C(=O)OOCc1c(C)cccc1C(=O)[O-].